The third-order valence-electron chi connectivity index (χ3n) is 4.12. The molecule has 1 atom stereocenters. The van der Waals surface area contributed by atoms with E-state index in [1.807, 2.05) is 36.5 Å². The Kier molecular flexibility index (Phi) is 5.38. The van der Waals surface area contributed by atoms with Crippen LogP contribution in [0.1, 0.15) is 16.7 Å². The van der Waals surface area contributed by atoms with Crippen molar-refractivity contribution >= 4 is 20.9 Å². The van der Waals surface area contributed by atoms with Crippen molar-refractivity contribution in [2.45, 2.75) is 18.2 Å². The molecule has 0 aliphatic carbocycles. The van der Waals surface area contributed by atoms with Crippen LogP contribution in [0.3, 0.4) is 0 Å². The van der Waals surface area contributed by atoms with Crippen LogP contribution in [-0.2, 0) is 22.2 Å². The minimum Gasteiger partial charge on any atom is -0.395 e. The summed E-state index contributed by atoms with van der Waals surface area (Å²) < 4.78 is 27.5. The van der Waals surface area contributed by atoms with Crippen LogP contribution >= 0.6 is 0 Å². The summed E-state index contributed by atoms with van der Waals surface area (Å²) in [5.41, 5.74) is 2.85. The molecule has 26 heavy (non-hydrogen) atoms. The summed E-state index contributed by atoms with van der Waals surface area (Å²) in [6.45, 7) is -0.309. The molecule has 3 rings (SSSR count). The molecule has 0 saturated carbocycles. The quantitative estimate of drug-likeness (QED) is 0.593. The topological polar surface area (TPSA) is 106 Å². The Hall–Kier alpha value is -2.66. The average Bonchev–Trinajstić information content (AvgIpc) is 3.03. The molecule has 6 nitrogen and oxygen atoms in total. The fourth-order valence-corrected chi connectivity index (χ4v) is 4.32. The Labute approximate surface area is 152 Å². The van der Waals surface area contributed by atoms with Gasteiger partial charge in [0, 0.05) is 23.1 Å². The van der Waals surface area contributed by atoms with Crippen molar-refractivity contribution in [3.05, 3.63) is 71.4 Å². The lowest BCUT2D eigenvalue weighted by Crippen LogP contribution is -2.39. The SMILES string of the molecule is N#Cc1cccc(CS(=O)(=O)NC(CO)Cc2c[nH]c3ccccc23)c1. The van der Waals surface area contributed by atoms with Crippen molar-refractivity contribution in [3.63, 3.8) is 0 Å². The number of hydrogen-bond donors (Lipinski definition) is 3. The van der Waals surface area contributed by atoms with Crippen molar-refractivity contribution in [1.29, 1.82) is 5.26 Å². The first-order valence-corrected chi connectivity index (χ1v) is 9.81. The Morgan fingerprint density at radius 1 is 1.19 bits per heavy atom. The maximum Gasteiger partial charge on any atom is 0.216 e. The van der Waals surface area contributed by atoms with Crippen molar-refractivity contribution < 1.29 is 13.5 Å². The molecule has 0 radical (unpaired) electrons. The van der Waals surface area contributed by atoms with Gasteiger partial charge in [-0.15, -0.1) is 0 Å². The summed E-state index contributed by atoms with van der Waals surface area (Å²) in [5, 5.41) is 19.6. The number of nitrogens with one attached hydrogen (secondary N) is 2. The molecule has 134 valence electrons. The number of aliphatic hydroxyl groups is 1. The monoisotopic (exact) mass is 369 g/mol. The van der Waals surface area contributed by atoms with Gasteiger partial charge in [0.05, 0.1) is 24.0 Å². The van der Waals surface area contributed by atoms with E-state index in [0.717, 1.165) is 16.5 Å². The largest absolute Gasteiger partial charge is 0.395 e. The lowest BCUT2D eigenvalue weighted by atomic mass is 10.1. The van der Waals surface area contributed by atoms with Gasteiger partial charge in [-0.2, -0.15) is 5.26 Å². The molecule has 2 aromatic carbocycles. The van der Waals surface area contributed by atoms with Gasteiger partial charge in [0.25, 0.3) is 0 Å². The Bertz CT molecular complexity index is 1050. The molecule has 7 heteroatoms. The second kappa shape index (κ2) is 7.70. The van der Waals surface area contributed by atoms with Crippen LogP contribution in [0.2, 0.25) is 0 Å². The van der Waals surface area contributed by atoms with Gasteiger partial charge in [0.1, 0.15) is 0 Å². The standard InChI is InChI=1S/C19H19N3O3S/c20-10-14-4-3-5-15(8-14)13-26(24,25)22-17(12-23)9-16-11-21-19-7-2-1-6-18(16)19/h1-8,11,17,21-23H,9,12-13H2. The van der Waals surface area contributed by atoms with Crippen LogP contribution in [0.15, 0.2) is 54.7 Å². The van der Waals surface area contributed by atoms with Gasteiger partial charge < -0.3 is 10.1 Å². The van der Waals surface area contributed by atoms with E-state index in [4.69, 9.17) is 5.26 Å². The predicted molar refractivity (Wildman–Crippen MR) is 99.8 cm³/mol. The zero-order valence-electron chi connectivity index (χ0n) is 14.0. The number of para-hydroxylation sites is 1. The van der Waals surface area contributed by atoms with E-state index in [1.54, 1.807) is 24.3 Å². The average molecular weight is 369 g/mol. The molecule has 1 heterocycles. The number of aliphatic hydroxyl groups excluding tert-OH is 1. The minimum absolute atomic E-state index is 0.243. The fourth-order valence-electron chi connectivity index (χ4n) is 2.96. The number of nitrogens with zero attached hydrogens (tertiary/aromatic N) is 1. The number of H-pyrrole nitrogens is 1. The summed E-state index contributed by atoms with van der Waals surface area (Å²) in [6.07, 6.45) is 2.20. The molecule has 0 aliphatic rings. The van der Waals surface area contributed by atoms with Crippen molar-refractivity contribution in [2.75, 3.05) is 6.61 Å². The highest BCUT2D eigenvalue weighted by molar-refractivity contribution is 7.88. The summed E-state index contributed by atoms with van der Waals surface area (Å²) in [7, 11) is -3.66. The predicted octanol–water partition coefficient (Wildman–Crippen LogP) is 2.06. The van der Waals surface area contributed by atoms with Crippen LogP contribution in [-0.4, -0.2) is 31.2 Å². The number of aromatic amines is 1. The molecule has 0 bridgehead atoms. The smallest absolute Gasteiger partial charge is 0.216 e. The molecule has 1 aromatic heterocycles. The summed E-state index contributed by atoms with van der Waals surface area (Å²) in [6, 6.07) is 15.6. The highest BCUT2D eigenvalue weighted by atomic mass is 32.2. The van der Waals surface area contributed by atoms with Gasteiger partial charge in [-0.3, -0.25) is 0 Å². The third-order valence-corrected chi connectivity index (χ3v) is 5.53. The number of nitriles is 1. The van der Waals surface area contributed by atoms with Gasteiger partial charge in [0.15, 0.2) is 0 Å². The molecule has 3 aromatic rings. The van der Waals surface area contributed by atoms with Crippen LogP contribution in [0.4, 0.5) is 0 Å². The van der Waals surface area contributed by atoms with E-state index in [9.17, 15) is 13.5 Å². The van der Waals surface area contributed by atoms with Gasteiger partial charge in [-0.25, -0.2) is 13.1 Å². The van der Waals surface area contributed by atoms with Gasteiger partial charge in [0.2, 0.25) is 10.0 Å². The molecule has 0 spiro atoms. The second-order valence-electron chi connectivity index (χ2n) is 6.13. The highest BCUT2D eigenvalue weighted by Gasteiger charge is 2.19. The Morgan fingerprint density at radius 3 is 2.77 bits per heavy atom. The normalized spacial score (nSPS) is 12.8. The first kappa shape index (κ1) is 18.1. The Morgan fingerprint density at radius 2 is 2.00 bits per heavy atom. The number of sulfonamides is 1. The van der Waals surface area contributed by atoms with Crippen LogP contribution in [0, 0.1) is 11.3 Å². The highest BCUT2D eigenvalue weighted by Crippen LogP contribution is 2.19. The zero-order valence-corrected chi connectivity index (χ0v) is 14.8. The molecule has 0 aliphatic heterocycles. The number of rotatable bonds is 7. The van der Waals surface area contributed by atoms with E-state index in [-0.39, 0.29) is 12.4 Å². The number of aromatic nitrogens is 1. The second-order valence-corrected chi connectivity index (χ2v) is 7.89. The molecule has 0 saturated heterocycles. The zero-order chi connectivity index (χ0) is 18.6. The van der Waals surface area contributed by atoms with Crippen LogP contribution < -0.4 is 4.72 Å². The van der Waals surface area contributed by atoms with E-state index in [1.165, 1.54) is 0 Å². The maximum absolute atomic E-state index is 12.4. The van der Waals surface area contributed by atoms with E-state index in [2.05, 4.69) is 9.71 Å². The Balaban J connectivity index is 1.73. The maximum atomic E-state index is 12.4. The van der Waals surface area contributed by atoms with Crippen molar-refractivity contribution in [1.82, 2.24) is 9.71 Å². The third kappa shape index (κ3) is 4.29. The summed E-state index contributed by atoms with van der Waals surface area (Å²) >= 11 is 0. The number of benzene rings is 2. The van der Waals surface area contributed by atoms with E-state index in [0.29, 0.717) is 17.5 Å². The van der Waals surface area contributed by atoms with Gasteiger partial charge >= 0.3 is 0 Å². The fraction of sp³-hybridized carbons (Fsp3) is 0.211. The summed E-state index contributed by atoms with van der Waals surface area (Å²) in [4.78, 5) is 3.14. The van der Waals surface area contributed by atoms with Gasteiger partial charge in [-0.1, -0.05) is 30.3 Å². The summed E-state index contributed by atoms with van der Waals surface area (Å²) in [5.74, 6) is -0.243. The lowest BCUT2D eigenvalue weighted by Gasteiger charge is -2.16. The van der Waals surface area contributed by atoms with E-state index >= 15 is 0 Å². The molecular formula is C19H19N3O3S. The van der Waals surface area contributed by atoms with Crippen LogP contribution in [0.25, 0.3) is 10.9 Å². The molecule has 0 amide bonds. The molecular weight excluding hydrogens is 350 g/mol. The lowest BCUT2D eigenvalue weighted by molar-refractivity contribution is 0.256. The number of hydrogen-bond acceptors (Lipinski definition) is 4. The van der Waals surface area contributed by atoms with Crippen molar-refractivity contribution in [2.24, 2.45) is 0 Å². The van der Waals surface area contributed by atoms with Gasteiger partial charge in [-0.05, 0) is 35.7 Å². The molecule has 0 fully saturated rings. The molecule has 3 N–H and O–H groups in total. The first-order valence-electron chi connectivity index (χ1n) is 8.15. The molecule has 1 unspecified atom stereocenters. The van der Waals surface area contributed by atoms with Crippen molar-refractivity contribution in [3.8, 4) is 6.07 Å². The number of fused-ring (bicyclic) bond motifs is 1. The minimum atomic E-state index is -3.66. The first-order chi connectivity index (χ1) is 12.5. The van der Waals surface area contributed by atoms with Crippen LogP contribution in [0.5, 0.6) is 0 Å². The van der Waals surface area contributed by atoms with E-state index < -0.39 is 16.1 Å².